The third-order valence-electron chi connectivity index (χ3n) is 2.77. The van der Waals surface area contributed by atoms with Crippen molar-refractivity contribution in [3.05, 3.63) is 53.2 Å². The maximum Gasteiger partial charge on any atom is 0.146 e. The zero-order valence-electron chi connectivity index (χ0n) is 11.2. The highest BCUT2D eigenvalue weighted by Crippen LogP contribution is 2.20. The Morgan fingerprint density at radius 1 is 1.21 bits per heavy atom. The monoisotopic (exact) mass is 263 g/mol. The highest BCUT2D eigenvalue weighted by molar-refractivity contribution is 5.32. The zero-order valence-corrected chi connectivity index (χ0v) is 11.2. The summed E-state index contributed by atoms with van der Waals surface area (Å²) in [4.78, 5) is 0. The summed E-state index contributed by atoms with van der Waals surface area (Å²) in [5, 5.41) is 3.19. The van der Waals surface area contributed by atoms with E-state index in [9.17, 15) is 4.39 Å². The second kappa shape index (κ2) is 6.38. The van der Waals surface area contributed by atoms with Crippen molar-refractivity contribution in [3.8, 4) is 5.75 Å². The van der Waals surface area contributed by atoms with E-state index in [-0.39, 0.29) is 5.82 Å². The van der Waals surface area contributed by atoms with Crippen molar-refractivity contribution >= 4 is 0 Å². The van der Waals surface area contributed by atoms with E-state index < -0.39 is 0 Å². The summed E-state index contributed by atoms with van der Waals surface area (Å²) in [6.45, 7) is 5.83. The summed E-state index contributed by atoms with van der Waals surface area (Å²) in [5.41, 5.74) is 0.777. The lowest BCUT2D eigenvalue weighted by atomic mass is 10.2. The fourth-order valence-electron chi connectivity index (χ4n) is 1.77. The van der Waals surface area contributed by atoms with Gasteiger partial charge in [-0.3, -0.25) is 0 Å². The molecule has 1 aromatic carbocycles. The van der Waals surface area contributed by atoms with Gasteiger partial charge in [0.15, 0.2) is 0 Å². The molecule has 1 heterocycles. The molecular formula is C15H18FNO2. The van der Waals surface area contributed by atoms with Crippen molar-refractivity contribution in [1.29, 1.82) is 0 Å². The van der Waals surface area contributed by atoms with Crippen LogP contribution >= 0.6 is 0 Å². The van der Waals surface area contributed by atoms with Crippen LogP contribution in [0.5, 0.6) is 5.75 Å². The first-order valence-corrected chi connectivity index (χ1v) is 6.36. The largest absolute Gasteiger partial charge is 0.485 e. The van der Waals surface area contributed by atoms with Gasteiger partial charge in [0, 0.05) is 0 Å². The van der Waals surface area contributed by atoms with Crippen LogP contribution < -0.4 is 10.1 Å². The molecule has 102 valence electrons. The first-order chi connectivity index (χ1) is 9.19. The number of hydrogen-bond donors (Lipinski definition) is 1. The quantitative estimate of drug-likeness (QED) is 0.867. The third kappa shape index (κ3) is 3.83. The van der Waals surface area contributed by atoms with E-state index in [0.29, 0.717) is 18.9 Å². The number of ether oxygens (including phenoxy) is 1. The maximum absolute atomic E-state index is 13.0. The Labute approximate surface area is 112 Å². The molecule has 0 saturated carbocycles. The Bertz CT molecular complexity index is 537. The molecule has 1 N–H and O–H groups in total. The van der Waals surface area contributed by atoms with Gasteiger partial charge < -0.3 is 14.5 Å². The van der Waals surface area contributed by atoms with Gasteiger partial charge in [0.25, 0.3) is 0 Å². The molecule has 0 aliphatic carbocycles. The standard InChI is InChI=1S/C15H18FNO2/c1-3-17-9-13-5-6-14(19-13)10-18-15-7-4-12(16)8-11(15)2/h4-8,17H,3,9-10H2,1-2H3. The second-order valence-electron chi connectivity index (χ2n) is 4.35. The van der Waals surface area contributed by atoms with Gasteiger partial charge in [0.05, 0.1) is 6.54 Å². The molecule has 0 saturated heterocycles. The van der Waals surface area contributed by atoms with Gasteiger partial charge >= 0.3 is 0 Å². The molecule has 3 nitrogen and oxygen atoms in total. The number of nitrogens with one attached hydrogen (secondary N) is 1. The normalized spacial score (nSPS) is 10.7. The van der Waals surface area contributed by atoms with Gasteiger partial charge in [-0.2, -0.15) is 0 Å². The predicted octanol–water partition coefficient (Wildman–Crippen LogP) is 3.42. The molecule has 0 radical (unpaired) electrons. The van der Waals surface area contributed by atoms with E-state index >= 15 is 0 Å². The average Bonchev–Trinajstić information content (AvgIpc) is 2.83. The fourth-order valence-corrected chi connectivity index (χ4v) is 1.77. The molecule has 0 aliphatic rings. The summed E-state index contributed by atoms with van der Waals surface area (Å²) in [6, 6.07) is 8.30. The minimum atomic E-state index is -0.254. The number of rotatable bonds is 6. The second-order valence-corrected chi connectivity index (χ2v) is 4.35. The van der Waals surface area contributed by atoms with Gasteiger partial charge in [0.2, 0.25) is 0 Å². The van der Waals surface area contributed by atoms with Crippen LogP contribution in [0.3, 0.4) is 0 Å². The Balaban J connectivity index is 1.92. The molecule has 0 unspecified atom stereocenters. The van der Waals surface area contributed by atoms with Gasteiger partial charge in [-0.15, -0.1) is 0 Å². The Morgan fingerprint density at radius 2 is 2.00 bits per heavy atom. The molecule has 0 aliphatic heterocycles. The Morgan fingerprint density at radius 3 is 2.74 bits per heavy atom. The minimum Gasteiger partial charge on any atom is -0.485 e. The van der Waals surface area contributed by atoms with Crippen LogP contribution in [0, 0.1) is 12.7 Å². The highest BCUT2D eigenvalue weighted by atomic mass is 19.1. The lowest BCUT2D eigenvalue weighted by Gasteiger charge is -2.07. The van der Waals surface area contributed by atoms with Gasteiger partial charge in [0.1, 0.15) is 29.7 Å². The number of aryl methyl sites for hydroxylation is 1. The number of benzene rings is 1. The molecule has 0 spiro atoms. The summed E-state index contributed by atoms with van der Waals surface area (Å²) >= 11 is 0. The van der Waals surface area contributed by atoms with Gasteiger partial charge in [-0.05, 0) is 49.4 Å². The number of hydrogen-bond acceptors (Lipinski definition) is 3. The van der Waals surface area contributed by atoms with Gasteiger partial charge in [-0.25, -0.2) is 4.39 Å². The number of halogens is 1. The Hall–Kier alpha value is -1.81. The molecule has 0 fully saturated rings. The van der Waals surface area contributed by atoms with E-state index in [1.54, 1.807) is 6.07 Å². The molecule has 2 aromatic rings. The summed E-state index contributed by atoms with van der Waals surface area (Å²) in [5.74, 6) is 2.06. The van der Waals surface area contributed by atoms with E-state index in [2.05, 4.69) is 5.32 Å². The Kier molecular flexibility index (Phi) is 4.58. The summed E-state index contributed by atoms with van der Waals surface area (Å²) < 4.78 is 24.2. The molecule has 0 atom stereocenters. The molecule has 2 rings (SSSR count). The topological polar surface area (TPSA) is 34.4 Å². The lowest BCUT2D eigenvalue weighted by molar-refractivity contribution is 0.263. The molecule has 1 aromatic heterocycles. The predicted molar refractivity (Wildman–Crippen MR) is 71.6 cm³/mol. The molecule has 0 amide bonds. The first kappa shape index (κ1) is 13.6. The maximum atomic E-state index is 13.0. The zero-order chi connectivity index (χ0) is 13.7. The van der Waals surface area contributed by atoms with Crippen LogP contribution in [0.4, 0.5) is 4.39 Å². The molecular weight excluding hydrogens is 245 g/mol. The average molecular weight is 263 g/mol. The van der Waals surface area contributed by atoms with Crippen molar-refractivity contribution in [2.75, 3.05) is 6.54 Å². The van der Waals surface area contributed by atoms with Crippen molar-refractivity contribution in [2.24, 2.45) is 0 Å². The van der Waals surface area contributed by atoms with E-state index in [1.165, 1.54) is 12.1 Å². The van der Waals surface area contributed by atoms with E-state index in [1.807, 2.05) is 26.0 Å². The van der Waals surface area contributed by atoms with Crippen LogP contribution in [0.2, 0.25) is 0 Å². The van der Waals surface area contributed by atoms with Crippen LogP contribution in [0.1, 0.15) is 24.0 Å². The molecule has 19 heavy (non-hydrogen) atoms. The van der Waals surface area contributed by atoms with Crippen molar-refractivity contribution < 1.29 is 13.5 Å². The van der Waals surface area contributed by atoms with Crippen LogP contribution in [0.15, 0.2) is 34.7 Å². The van der Waals surface area contributed by atoms with Crippen molar-refractivity contribution in [3.63, 3.8) is 0 Å². The first-order valence-electron chi connectivity index (χ1n) is 6.36. The molecule has 4 heteroatoms. The number of furan rings is 1. The lowest BCUT2D eigenvalue weighted by Crippen LogP contribution is -2.10. The van der Waals surface area contributed by atoms with Crippen LogP contribution in [0.25, 0.3) is 0 Å². The summed E-state index contributed by atoms with van der Waals surface area (Å²) in [7, 11) is 0. The minimum absolute atomic E-state index is 0.254. The smallest absolute Gasteiger partial charge is 0.146 e. The fraction of sp³-hybridized carbons (Fsp3) is 0.333. The van der Waals surface area contributed by atoms with E-state index in [0.717, 1.165) is 23.6 Å². The third-order valence-corrected chi connectivity index (χ3v) is 2.77. The summed E-state index contributed by atoms with van der Waals surface area (Å²) in [6.07, 6.45) is 0. The van der Waals surface area contributed by atoms with Crippen LogP contribution in [-0.4, -0.2) is 6.54 Å². The van der Waals surface area contributed by atoms with Crippen LogP contribution in [-0.2, 0) is 13.2 Å². The van der Waals surface area contributed by atoms with Gasteiger partial charge in [-0.1, -0.05) is 6.92 Å². The highest BCUT2D eigenvalue weighted by Gasteiger charge is 2.05. The van der Waals surface area contributed by atoms with Crippen molar-refractivity contribution in [2.45, 2.75) is 27.0 Å². The molecule has 0 bridgehead atoms. The van der Waals surface area contributed by atoms with Crippen molar-refractivity contribution in [1.82, 2.24) is 5.32 Å². The van der Waals surface area contributed by atoms with E-state index in [4.69, 9.17) is 9.15 Å². The SMILES string of the molecule is CCNCc1ccc(COc2ccc(F)cc2C)o1.